The molecule has 2 N–H and O–H groups in total. The molecule has 0 fully saturated rings. The van der Waals surface area contributed by atoms with Crippen LogP contribution in [0.4, 0.5) is 0 Å². The summed E-state index contributed by atoms with van der Waals surface area (Å²) in [6.07, 6.45) is 1.48. The average molecular weight is 482 g/mol. The number of ether oxygens (including phenoxy) is 3. The third-order valence-electron chi connectivity index (χ3n) is 4.67. The lowest BCUT2D eigenvalue weighted by Gasteiger charge is -2.10. The molecule has 0 atom stereocenters. The smallest absolute Gasteiger partial charge is 0.259 e. The zero-order valence-corrected chi connectivity index (χ0v) is 19.5. The van der Waals surface area contributed by atoms with Gasteiger partial charge in [-0.3, -0.25) is 9.59 Å². The van der Waals surface area contributed by atoms with Crippen LogP contribution in [0.3, 0.4) is 0 Å². The first-order valence-corrected chi connectivity index (χ1v) is 10.7. The Bertz CT molecular complexity index is 1170. The summed E-state index contributed by atoms with van der Waals surface area (Å²) in [4.78, 5) is 24.4. The number of carbonyl (C=O) groups excluding carboxylic acids is 2. The van der Waals surface area contributed by atoms with E-state index in [1.165, 1.54) is 26.5 Å². The molecule has 9 heteroatoms. The van der Waals surface area contributed by atoms with Crippen molar-refractivity contribution in [1.29, 1.82) is 0 Å². The average Bonchev–Trinajstić information content (AvgIpc) is 2.87. The van der Waals surface area contributed by atoms with E-state index in [2.05, 4.69) is 15.8 Å². The second kappa shape index (κ2) is 12.3. The number of halogens is 1. The normalized spacial score (nSPS) is 10.6. The molecule has 0 unspecified atom stereocenters. The fourth-order valence-corrected chi connectivity index (χ4v) is 3.04. The Morgan fingerprint density at radius 1 is 0.941 bits per heavy atom. The molecule has 3 aromatic rings. The van der Waals surface area contributed by atoms with Crippen LogP contribution < -0.4 is 25.0 Å². The highest BCUT2D eigenvalue weighted by molar-refractivity contribution is 6.30. The van der Waals surface area contributed by atoms with Crippen LogP contribution in [0, 0.1) is 0 Å². The lowest BCUT2D eigenvalue weighted by molar-refractivity contribution is -0.120. The van der Waals surface area contributed by atoms with Crippen molar-refractivity contribution in [3.8, 4) is 17.2 Å². The topological polar surface area (TPSA) is 98.2 Å². The maximum absolute atomic E-state index is 12.3. The van der Waals surface area contributed by atoms with Crippen molar-refractivity contribution in [1.82, 2.24) is 10.7 Å². The third-order valence-corrected chi connectivity index (χ3v) is 4.93. The number of benzene rings is 3. The predicted octanol–water partition coefficient (Wildman–Crippen LogP) is 3.82. The van der Waals surface area contributed by atoms with Gasteiger partial charge in [0.05, 0.1) is 27.0 Å². The van der Waals surface area contributed by atoms with Gasteiger partial charge in [-0.25, -0.2) is 5.43 Å². The molecule has 0 saturated carbocycles. The Kier molecular flexibility index (Phi) is 8.88. The van der Waals surface area contributed by atoms with E-state index in [0.717, 1.165) is 5.56 Å². The first kappa shape index (κ1) is 24.6. The number of hydrogen-bond acceptors (Lipinski definition) is 6. The Balaban J connectivity index is 1.51. The van der Waals surface area contributed by atoms with E-state index < -0.39 is 11.8 Å². The van der Waals surface area contributed by atoms with Gasteiger partial charge >= 0.3 is 0 Å². The standard InChI is InChI=1S/C25H24ClN3O5/c1-32-22-12-9-18(13-23(22)33-2)25(31)27-15-24(30)29-28-14-19-5-3-4-6-21(19)34-16-17-7-10-20(26)11-8-17/h3-14H,15-16H2,1-2H3,(H,27,31)(H,29,30)/b28-14-. The van der Waals surface area contributed by atoms with Crippen molar-refractivity contribution in [2.45, 2.75) is 6.61 Å². The highest BCUT2D eigenvalue weighted by atomic mass is 35.5. The summed E-state index contributed by atoms with van der Waals surface area (Å²) < 4.78 is 16.2. The summed E-state index contributed by atoms with van der Waals surface area (Å²) in [6, 6.07) is 19.4. The Morgan fingerprint density at radius 3 is 2.41 bits per heavy atom. The molecule has 0 aliphatic rings. The van der Waals surface area contributed by atoms with Crippen LogP contribution in [0.2, 0.25) is 5.02 Å². The van der Waals surface area contributed by atoms with E-state index >= 15 is 0 Å². The fourth-order valence-electron chi connectivity index (χ4n) is 2.91. The molecule has 0 radical (unpaired) electrons. The zero-order valence-electron chi connectivity index (χ0n) is 18.7. The molecule has 34 heavy (non-hydrogen) atoms. The molecule has 8 nitrogen and oxygen atoms in total. The number of para-hydroxylation sites is 1. The molecule has 2 amide bonds. The van der Waals surface area contributed by atoms with Crippen LogP contribution in [-0.4, -0.2) is 38.8 Å². The van der Waals surface area contributed by atoms with E-state index in [9.17, 15) is 9.59 Å². The van der Waals surface area contributed by atoms with E-state index in [4.69, 9.17) is 25.8 Å². The van der Waals surface area contributed by atoms with Crippen LogP contribution in [0.1, 0.15) is 21.5 Å². The van der Waals surface area contributed by atoms with Crippen LogP contribution in [0.15, 0.2) is 71.8 Å². The largest absolute Gasteiger partial charge is 0.493 e. The fraction of sp³-hybridized carbons (Fsp3) is 0.160. The summed E-state index contributed by atoms with van der Waals surface area (Å²) in [5.41, 5.74) is 4.37. The van der Waals surface area contributed by atoms with Gasteiger partial charge in [-0.2, -0.15) is 5.10 Å². The summed E-state index contributed by atoms with van der Waals surface area (Å²) in [5.74, 6) is 0.618. The molecule has 0 aliphatic heterocycles. The van der Waals surface area contributed by atoms with E-state index in [1.807, 2.05) is 36.4 Å². The maximum Gasteiger partial charge on any atom is 0.259 e. The molecular weight excluding hydrogens is 458 g/mol. The van der Waals surface area contributed by atoms with Crippen molar-refractivity contribution in [2.24, 2.45) is 5.10 Å². The second-order valence-corrected chi connectivity index (χ2v) is 7.44. The van der Waals surface area contributed by atoms with Gasteiger partial charge in [-0.05, 0) is 48.0 Å². The van der Waals surface area contributed by atoms with E-state index in [0.29, 0.717) is 40.0 Å². The van der Waals surface area contributed by atoms with Crippen molar-refractivity contribution >= 4 is 29.6 Å². The molecule has 3 aromatic carbocycles. The highest BCUT2D eigenvalue weighted by Gasteiger charge is 2.12. The summed E-state index contributed by atoms with van der Waals surface area (Å²) in [5, 5.41) is 7.15. The molecule has 0 spiro atoms. The van der Waals surface area contributed by atoms with Crippen LogP contribution in [0.5, 0.6) is 17.2 Å². The first-order chi connectivity index (χ1) is 16.5. The Hall–Kier alpha value is -4.04. The van der Waals surface area contributed by atoms with Crippen LogP contribution in [-0.2, 0) is 11.4 Å². The minimum atomic E-state index is -0.482. The van der Waals surface area contributed by atoms with E-state index in [1.54, 1.807) is 24.3 Å². The summed E-state index contributed by atoms with van der Waals surface area (Å²) >= 11 is 5.91. The molecule has 0 saturated heterocycles. The predicted molar refractivity (Wildman–Crippen MR) is 130 cm³/mol. The molecule has 0 aliphatic carbocycles. The minimum absolute atomic E-state index is 0.251. The van der Waals surface area contributed by atoms with Crippen molar-refractivity contribution in [2.75, 3.05) is 20.8 Å². The van der Waals surface area contributed by atoms with Gasteiger partial charge in [-0.15, -0.1) is 0 Å². The van der Waals surface area contributed by atoms with Crippen molar-refractivity contribution < 1.29 is 23.8 Å². The van der Waals surface area contributed by atoms with Gasteiger partial charge in [0, 0.05) is 16.1 Å². The monoisotopic (exact) mass is 481 g/mol. The SMILES string of the molecule is COc1ccc(C(=O)NCC(=O)N/N=C\c2ccccc2OCc2ccc(Cl)cc2)cc1OC. The number of methoxy groups -OCH3 is 2. The maximum atomic E-state index is 12.3. The quantitative estimate of drug-likeness (QED) is 0.339. The molecule has 0 aromatic heterocycles. The summed E-state index contributed by atoms with van der Waals surface area (Å²) in [6.45, 7) is 0.107. The number of hydrazone groups is 1. The Morgan fingerprint density at radius 2 is 1.68 bits per heavy atom. The molecule has 0 bridgehead atoms. The first-order valence-electron chi connectivity index (χ1n) is 10.3. The summed E-state index contributed by atoms with van der Waals surface area (Å²) in [7, 11) is 2.98. The Labute approximate surface area is 202 Å². The van der Waals surface area contributed by atoms with Gasteiger partial charge in [0.25, 0.3) is 11.8 Å². The van der Waals surface area contributed by atoms with Gasteiger partial charge in [0.15, 0.2) is 11.5 Å². The highest BCUT2D eigenvalue weighted by Crippen LogP contribution is 2.27. The third kappa shape index (κ3) is 6.98. The number of rotatable bonds is 10. The second-order valence-electron chi connectivity index (χ2n) is 7.00. The molecular formula is C25H24ClN3O5. The number of amides is 2. The molecule has 0 heterocycles. The number of nitrogens with zero attached hydrogens (tertiary/aromatic N) is 1. The lowest BCUT2D eigenvalue weighted by atomic mass is 10.2. The van der Waals surface area contributed by atoms with Gasteiger partial charge < -0.3 is 19.5 Å². The molecule has 176 valence electrons. The van der Waals surface area contributed by atoms with Crippen molar-refractivity contribution in [3.05, 3.63) is 88.4 Å². The van der Waals surface area contributed by atoms with Crippen molar-refractivity contribution in [3.63, 3.8) is 0 Å². The van der Waals surface area contributed by atoms with Crippen LogP contribution in [0.25, 0.3) is 0 Å². The van der Waals surface area contributed by atoms with Gasteiger partial charge in [-0.1, -0.05) is 35.9 Å². The number of hydrogen-bond donors (Lipinski definition) is 2. The van der Waals surface area contributed by atoms with Gasteiger partial charge in [0.2, 0.25) is 0 Å². The minimum Gasteiger partial charge on any atom is -0.493 e. The number of carbonyl (C=O) groups is 2. The van der Waals surface area contributed by atoms with E-state index in [-0.39, 0.29) is 6.54 Å². The van der Waals surface area contributed by atoms with Gasteiger partial charge in [0.1, 0.15) is 12.4 Å². The zero-order chi connectivity index (χ0) is 24.3. The number of nitrogens with one attached hydrogen (secondary N) is 2. The lowest BCUT2D eigenvalue weighted by Crippen LogP contribution is -2.34. The molecule has 3 rings (SSSR count). The van der Waals surface area contributed by atoms with Crippen LogP contribution >= 0.6 is 11.6 Å².